The van der Waals surface area contributed by atoms with Crippen LogP contribution in [0.5, 0.6) is 0 Å². The molecule has 0 radical (unpaired) electrons. The van der Waals surface area contributed by atoms with E-state index in [1.807, 2.05) is 19.2 Å². The number of rotatable bonds is 7. The second kappa shape index (κ2) is 8.29. The monoisotopic (exact) mass is 261 g/mol. The van der Waals surface area contributed by atoms with Gasteiger partial charge in [-0.25, -0.2) is 9.59 Å². The van der Waals surface area contributed by atoms with Crippen LogP contribution >= 0.6 is 0 Å². The largest absolute Gasteiger partial charge is 0.480 e. The maximum Gasteiger partial charge on any atom is 0.328 e. The van der Waals surface area contributed by atoms with Crippen molar-refractivity contribution in [2.45, 2.75) is 19.9 Å². The van der Waals surface area contributed by atoms with Crippen LogP contribution in [0.3, 0.4) is 0 Å². The molecule has 0 unspecified atom stereocenters. The third-order valence-electron chi connectivity index (χ3n) is 1.90. The lowest BCUT2D eigenvalue weighted by Crippen LogP contribution is -2.50. The first-order chi connectivity index (χ1) is 8.36. The highest BCUT2D eigenvalue weighted by Gasteiger charge is 2.18. The van der Waals surface area contributed by atoms with Gasteiger partial charge in [0.15, 0.2) is 6.04 Å². The number of carbonyl (C=O) groups is 3. The summed E-state index contributed by atoms with van der Waals surface area (Å²) in [5, 5.41) is 24.0. The van der Waals surface area contributed by atoms with E-state index in [0.29, 0.717) is 12.5 Å². The fourth-order valence-electron chi connectivity index (χ4n) is 0.936. The van der Waals surface area contributed by atoms with Crippen molar-refractivity contribution in [2.75, 3.05) is 19.7 Å². The molecule has 1 atom stereocenters. The highest BCUT2D eigenvalue weighted by molar-refractivity contribution is 5.86. The molecular weight excluding hydrogens is 242 g/mol. The molecule has 104 valence electrons. The van der Waals surface area contributed by atoms with Crippen LogP contribution in [0.25, 0.3) is 0 Å². The molecule has 8 heteroatoms. The van der Waals surface area contributed by atoms with E-state index in [9.17, 15) is 14.4 Å². The van der Waals surface area contributed by atoms with Gasteiger partial charge in [0, 0.05) is 6.54 Å². The molecule has 18 heavy (non-hydrogen) atoms. The van der Waals surface area contributed by atoms with Crippen molar-refractivity contribution >= 4 is 17.9 Å². The lowest BCUT2D eigenvalue weighted by molar-refractivity contribution is -0.140. The SMILES string of the molecule is CC(C)CNC(=O)CNC(=O)N[C@H](CO)C(=O)O. The summed E-state index contributed by atoms with van der Waals surface area (Å²) < 4.78 is 0. The van der Waals surface area contributed by atoms with Crippen molar-refractivity contribution in [3.63, 3.8) is 0 Å². The average Bonchev–Trinajstić information content (AvgIpc) is 2.30. The second-order valence-electron chi connectivity index (χ2n) is 4.10. The van der Waals surface area contributed by atoms with Gasteiger partial charge in [0.2, 0.25) is 5.91 Å². The first kappa shape index (κ1) is 16.2. The molecule has 0 saturated carbocycles. The number of nitrogens with one attached hydrogen (secondary N) is 3. The van der Waals surface area contributed by atoms with Crippen molar-refractivity contribution < 1.29 is 24.6 Å². The number of carboxylic acids is 1. The zero-order chi connectivity index (χ0) is 14.1. The zero-order valence-electron chi connectivity index (χ0n) is 10.4. The summed E-state index contributed by atoms with van der Waals surface area (Å²) in [5.74, 6) is -1.42. The molecular formula is C10H19N3O5. The van der Waals surface area contributed by atoms with Gasteiger partial charge in [0.25, 0.3) is 0 Å². The van der Waals surface area contributed by atoms with E-state index in [0.717, 1.165) is 0 Å². The topological polar surface area (TPSA) is 128 Å². The number of urea groups is 1. The van der Waals surface area contributed by atoms with Gasteiger partial charge in [-0.1, -0.05) is 13.8 Å². The summed E-state index contributed by atoms with van der Waals surface area (Å²) in [5.41, 5.74) is 0. The minimum atomic E-state index is -1.39. The number of hydrogen-bond donors (Lipinski definition) is 5. The molecule has 8 nitrogen and oxygen atoms in total. The molecule has 5 N–H and O–H groups in total. The van der Waals surface area contributed by atoms with Gasteiger partial charge < -0.3 is 26.2 Å². The molecule has 0 fully saturated rings. The number of aliphatic hydroxyl groups is 1. The van der Waals surface area contributed by atoms with Gasteiger partial charge in [-0.3, -0.25) is 4.79 Å². The molecule has 0 aliphatic carbocycles. The third kappa shape index (κ3) is 7.44. The number of aliphatic carboxylic acids is 1. The minimum Gasteiger partial charge on any atom is -0.480 e. The molecule has 0 bridgehead atoms. The molecule has 0 aromatic rings. The van der Waals surface area contributed by atoms with E-state index in [1.54, 1.807) is 0 Å². The van der Waals surface area contributed by atoms with Crippen LogP contribution in [0.4, 0.5) is 4.79 Å². The Labute approximate surface area is 105 Å². The van der Waals surface area contributed by atoms with Crippen LogP contribution in [0.2, 0.25) is 0 Å². The van der Waals surface area contributed by atoms with Gasteiger partial charge in [0.1, 0.15) is 0 Å². The van der Waals surface area contributed by atoms with Gasteiger partial charge in [-0.05, 0) is 5.92 Å². The predicted octanol–water partition coefficient (Wildman–Crippen LogP) is -1.50. The number of carbonyl (C=O) groups excluding carboxylic acids is 2. The Morgan fingerprint density at radius 2 is 1.78 bits per heavy atom. The number of hydrogen-bond acceptors (Lipinski definition) is 4. The van der Waals surface area contributed by atoms with E-state index in [1.165, 1.54) is 0 Å². The molecule has 0 saturated heterocycles. The van der Waals surface area contributed by atoms with Crippen molar-refractivity contribution in [3.8, 4) is 0 Å². The highest BCUT2D eigenvalue weighted by Crippen LogP contribution is 1.86. The second-order valence-corrected chi connectivity index (χ2v) is 4.10. The molecule has 0 spiro atoms. The van der Waals surface area contributed by atoms with E-state index < -0.39 is 24.6 Å². The highest BCUT2D eigenvalue weighted by atomic mass is 16.4. The summed E-state index contributed by atoms with van der Waals surface area (Å²) in [6.45, 7) is 3.38. The average molecular weight is 261 g/mol. The van der Waals surface area contributed by atoms with Gasteiger partial charge in [-0.15, -0.1) is 0 Å². The minimum absolute atomic E-state index is 0.254. The quantitative estimate of drug-likeness (QED) is 0.381. The van der Waals surface area contributed by atoms with E-state index >= 15 is 0 Å². The molecule has 0 heterocycles. The number of carboxylic acid groups (broad SMARTS) is 1. The first-order valence-electron chi connectivity index (χ1n) is 5.51. The molecule has 0 aromatic carbocycles. The first-order valence-corrected chi connectivity index (χ1v) is 5.51. The summed E-state index contributed by atoms with van der Waals surface area (Å²) in [6.07, 6.45) is 0. The Bertz CT molecular complexity index is 306. The van der Waals surface area contributed by atoms with Crippen molar-refractivity contribution in [2.24, 2.45) is 5.92 Å². The standard InChI is InChI=1S/C10H19N3O5/c1-6(2)3-11-8(15)4-12-10(18)13-7(5-14)9(16)17/h6-7,14H,3-5H2,1-2H3,(H,11,15)(H,16,17)(H2,12,13,18)/t7-/m1/s1. The van der Waals surface area contributed by atoms with Crippen LogP contribution in [0, 0.1) is 5.92 Å². The Morgan fingerprint density at radius 1 is 1.17 bits per heavy atom. The van der Waals surface area contributed by atoms with Gasteiger partial charge in [0.05, 0.1) is 13.2 Å². The Morgan fingerprint density at radius 3 is 2.22 bits per heavy atom. The maximum absolute atomic E-state index is 11.2. The number of amides is 3. The molecule has 3 amide bonds. The summed E-state index contributed by atoms with van der Waals surface area (Å²) in [7, 11) is 0. The van der Waals surface area contributed by atoms with Crippen molar-refractivity contribution in [1.82, 2.24) is 16.0 Å². The van der Waals surface area contributed by atoms with E-state index in [-0.39, 0.29) is 12.5 Å². The van der Waals surface area contributed by atoms with E-state index in [4.69, 9.17) is 10.2 Å². The summed E-state index contributed by atoms with van der Waals surface area (Å²) in [4.78, 5) is 32.9. The lowest BCUT2D eigenvalue weighted by Gasteiger charge is -2.13. The molecule has 0 rings (SSSR count). The number of aliphatic hydroxyl groups excluding tert-OH is 1. The van der Waals surface area contributed by atoms with Crippen LogP contribution in [-0.4, -0.2) is 53.9 Å². The van der Waals surface area contributed by atoms with Gasteiger partial charge in [-0.2, -0.15) is 0 Å². The zero-order valence-corrected chi connectivity index (χ0v) is 10.4. The fraction of sp³-hybridized carbons (Fsp3) is 0.700. The van der Waals surface area contributed by atoms with Crippen molar-refractivity contribution in [1.29, 1.82) is 0 Å². The van der Waals surface area contributed by atoms with Crippen LogP contribution in [-0.2, 0) is 9.59 Å². The van der Waals surface area contributed by atoms with Crippen LogP contribution in [0.1, 0.15) is 13.8 Å². The molecule has 0 aromatic heterocycles. The summed E-state index contributed by atoms with van der Waals surface area (Å²) in [6, 6.07) is -2.21. The lowest BCUT2D eigenvalue weighted by atomic mass is 10.2. The normalized spacial score (nSPS) is 11.8. The van der Waals surface area contributed by atoms with Crippen molar-refractivity contribution in [3.05, 3.63) is 0 Å². The Balaban J connectivity index is 3.89. The Hall–Kier alpha value is -1.83. The third-order valence-corrected chi connectivity index (χ3v) is 1.90. The summed E-state index contributed by atoms with van der Waals surface area (Å²) >= 11 is 0. The predicted molar refractivity (Wildman–Crippen MR) is 62.9 cm³/mol. The maximum atomic E-state index is 11.2. The fourth-order valence-corrected chi connectivity index (χ4v) is 0.936. The van der Waals surface area contributed by atoms with E-state index in [2.05, 4.69) is 10.6 Å². The van der Waals surface area contributed by atoms with Crippen LogP contribution < -0.4 is 16.0 Å². The van der Waals surface area contributed by atoms with Crippen LogP contribution in [0.15, 0.2) is 0 Å². The van der Waals surface area contributed by atoms with Gasteiger partial charge >= 0.3 is 12.0 Å². The molecule has 0 aliphatic rings. The Kier molecular flexibility index (Phi) is 7.45. The molecule has 0 aliphatic heterocycles. The smallest absolute Gasteiger partial charge is 0.328 e.